The molecule has 0 aliphatic carbocycles. The molecule has 3 heterocycles. The van der Waals surface area contributed by atoms with Crippen molar-refractivity contribution >= 4 is 6.16 Å². The highest BCUT2D eigenvalue weighted by Gasteiger charge is 2.34. The van der Waals surface area contributed by atoms with Crippen LogP contribution in [-0.2, 0) is 9.47 Å². The van der Waals surface area contributed by atoms with Crippen LogP contribution in [0.3, 0.4) is 0 Å². The molecule has 4 nitrogen and oxygen atoms in total. The van der Waals surface area contributed by atoms with Gasteiger partial charge in [0.1, 0.15) is 17.7 Å². The van der Waals surface area contributed by atoms with Gasteiger partial charge in [-0.15, -0.1) is 0 Å². The van der Waals surface area contributed by atoms with E-state index in [4.69, 9.17) is 9.47 Å². The third kappa shape index (κ3) is 3.94. The normalized spacial score (nSPS) is 21.8. The van der Waals surface area contributed by atoms with Crippen LogP contribution in [0.25, 0.3) is 0 Å². The maximum atomic E-state index is 13.7. The fourth-order valence-electron chi connectivity index (χ4n) is 3.55. The van der Waals surface area contributed by atoms with Gasteiger partial charge in [-0.25, -0.2) is 13.6 Å². The minimum atomic E-state index is -0.884. The predicted octanol–water partition coefficient (Wildman–Crippen LogP) is 4.43. The molecular formula is C21H19F2NO3. The molecule has 0 N–H and O–H groups in total. The topological polar surface area (TPSA) is 38.8 Å². The smallest absolute Gasteiger partial charge is 0.428 e. The summed E-state index contributed by atoms with van der Waals surface area (Å²) in [6, 6.07) is 11.4. The second kappa shape index (κ2) is 7.39. The van der Waals surface area contributed by atoms with Crippen LogP contribution in [0.5, 0.6) is 0 Å². The lowest BCUT2D eigenvalue weighted by molar-refractivity contribution is -0.0300. The van der Waals surface area contributed by atoms with Gasteiger partial charge in [0.25, 0.3) is 0 Å². The van der Waals surface area contributed by atoms with E-state index in [2.05, 4.69) is 4.90 Å². The summed E-state index contributed by atoms with van der Waals surface area (Å²) in [5, 5.41) is 0. The molecule has 0 aromatic heterocycles. The Hall–Kier alpha value is -2.89. The van der Waals surface area contributed by atoms with Crippen molar-refractivity contribution in [2.24, 2.45) is 5.92 Å². The van der Waals surface area contributed by atoms with Gasteiger partial charge < -0.3 is 14.4 Å². The highest BCUT2D eigenvalue weighted by Crippen LogP contribution is 2.30. The molecule has 0 radical (unpaired) electrons. The lowest BCUT2D eigenvalue weighted by atomic mass is 9.90. The zero-order valence-corrected chi connectivity index (χ0v) is 14.6. The van der Waals surface area contributed by atoms with Gasteiger partial charge in [-0.2, -0.15) is 0 Å². The number of halogens is 2. The van der Waals surface area contributed by atoms with E-state index in [0.717, 1.165) is 13.0 Å². The molecular weight excluding hydrogens is 352 g/mol. The highest BCUT2D eigenvalue weighted by molar-refractivity contribution is 5.61. The van der Waals surface area contributed by atoms with Crippen LogP contribution in [0, 0.1) is 17.6 Å². The Bertz CT molecular complexity index is 853. The molecule has 5 rings (SSSR count). The number of fused-ring (bicyclic) bond motifs is 2. The van der Waals surface area contributed by atoms with Crippen LogP contribution in [0.1, 0.15) is 23.7 Å². The van der Waals surface area contributed by atoms with Crippen molar-refractivity contribution in [1.82, 2.24) is 4.90 Å². The van der Waals surface area contributed by atoms with Crippen molar-refractivity contribution in [3.8, 4) is 0 Å². The zero-order valence-electron chi connectivity index (χ0n) is 14.6. The first kappa shape index (κ1) is 17.5. The van der Waals surface area contributed by atoms with Crippen molar-refractivity contribution in [1.29, 1.82) is 0 Å². The molecule has 3 aliphatic rings. The van der Waals surface area contributed by atoms with Crippen molar-refractivity contribution in [2.75, 3.05) is 13.1 Å². The zero-order chi connectivity index (χ0) is 18.8. The number of ether oxygens (including phenoxy) is 2. The molecule has 6 heteroatoms. The van der Waals surface area contributed by atoms with Crippen LogP contribution in [0.2, 0.25) is 0 Å². The second-order valence-corrected chi connectivity index (χ2v) is 6.80. The van der Waals surface area contributed by atoms with E-state index >= 15 is 0 Å². The molecule has 0 saturated carbocycles. The van der Waals surface area contributed by atoms with Crippen molar-refractivity contribution < 1.29 is 23.0 Å². The quantitative estimate of drug-likeness (QED) is 0.746. The van der Waals surface area contributed by atoms with E-state index in [-0.39, 0.29) is 12.0 Å². The second-order valence-electron chi connectivity index (χ2n) is 6.80. The molecule has 2 bridgehead atoms. The fourth-order valence-corrected chi connectivity index (χ4v) is 3.55. The van der Waals surface area contributed by atoms with Crippen LogP contribution < -0.4 is 0 Å². The Morgan fingerprint density at radius 3 is 2.52 bits per heavy atom. The summed E-state index contributed by atoms with van der Waals surface area (Å²) in [5.74, 6) is -0.668. The molecule has 27 heavy (non-hydrogen) atoms. The summed E-state index contributed by atoms with van der Waals surface area (Å²) in [5.41, 5.74) is 0.986. The number of rotatable bonds is 4. The summed E-state index contributed by atoms with van der Waals surface area (Å²) in [6.45, 7) is 1.59. The number of hydrogen-bond donors (Lipinski definition) is 0. The Morgan fingerprint density at radius 1 is 1.07 bits per heavy atom. The van der Waals surface area contributed by atoms with E-state index in [1.54, 1.807) is 6.07 Å². The Morgan fingerprint density at radius 2 is 1.89 bits per heavy atom. The van der Waals surface area contributed by atoms with Gasteiger partial charge in [0.2, 0.25) is 0 Å². The highest BCUT2D eigenvalue weighted by atomic mass is 19.1. The molecule has 3 atom stereocenters. The van der Waals surface area contributed by atoms with Crippen molar-refractivity contribution in [3.63, 3.8) is 0 Å². The van der Waals surface area contributed by atoms with Crippen LogP contribution in [0.15, 0.2) is 60.8 Å². The molecule has 2 aromatic carbocycles. The van der Waals surface area contributed by atoms with Gasteiger partial charge >= 0.3 is 6.16 Å². The minimum absolute atomic E-state index is 0.181. The lowest BCUT2D eigenvalue weighted by Crippen LogP contribution is -2.46. The maximum Gasteiger partial charge on any atom is 0.509 e. The van der Waals surface area contributed by atoms with E-state index in [0.29, 0.717) is 17.7 Å². The first-order chi connectivity index (χ1) is 13.1. The predicted molar refractivity (Wildman–Crippen MR) is 94.8 cm³/mol. The fraction of sp³-hybridized carbons (Fsp3) is 0.286. The Labute approximate surface area is 156 Å². The van der Waals surface area contributed by atoms with Gasteiger partial charge in [-0.05, 0) is 42.4 Å². The van der Waals surface area contributed by atoms with Crippen LogP contribution in [-0.4, -0.2) is 30.2 Å². The third-order valence-corrected chi connectivity index (χ3v) is 4.97. The standard InChI is InChI=1S/C21H19F2NO3/c22-17-6-4-15(5-7-17)20(16-2-1-3-18(23)12-16)27-21(25)26-19-13-24-10-8-14(19)9-11-24/h1-8,10,12,14,19-20H,9,11,13H2. The molecule has 0 spiro atoms. The van der Waals surface area contributed by atoms with E-state index in [1.165, 1.54) is 42.5 Å². The first-order valence-corrected chi connectivity index (χ1v) is 8.89. The molecule has 3 unspecified atom stereocenters. The van der Waals surface area contributed by atoms with Gasteiger partial charge in [-0.3, -0.25) is 0 Å². The molecule has 140 valence electrons. The molecule has 2 aromatic rings. The van der Waals surface area contributed by atoms with E-state index in [9.17, 15) is 13.6 Å². The van der Waals surface area contributed by atoms with Crippen LogP contribution in [0.4, 0.5) is 13.6 Å². The van der Waals surface area contributed by atoms with Crippen LogP contribution >= 0.6 is 0 Å². The summed E-state index contributed by atoms with van der Waals surface area (Å²) in [6.07, 6.45) is 3.02. The third-order valence-electron chi connectivity index (χ3n) is 4.97. The average molecular weight is 371 g/mol. The minimum Gasteiger partial charge on any atom is -0.428 e. The van der Waals surface area contributed by atoms with Gasteiger partial charge in [0, 0.05) is 18.0 Å². The number of carbonyl (C=O) groups is 1. The maximum absolute atomic E-state index is 13.7. The largest absolute Gasteiger partial charge is 0.509 e. The molecule has 1 saturated heterocycles. The molecule has 0 amide bonds. The first-order valence-electron chi connectivity index (χ1n) is 8.89. The number of hydrogen-bond acceptors (Lipinski definition) is 4. The summed E-state index contributed by atoms with van der Waals surface area (Å²) in [4.78, 5) is 14.5. The molecule has 1 fully saturated rings. The number of nitrogens with zero attached hydrogens (tertiary/aromatic N) is 1. The monoisotopic (exact) mass is 371 g/mol. The summed E-state index contributed by atoms with van der Waals surface area (Å²) in [7, 11) is 0. The SMILES string of the molecule is O=C(OC(c1ccc(F)cc1)c1cccc(F)c1)OC1CN2C=CC1CC2. The Balaban J connectivity index is 1.53. The number of piperidine rings is 1. The molecule has 3 aliphatic heterocycles. The lowest BCUT2D eigenvalue weighted by Gasteiger charge is -2.40. The van der Waals surface area contributed by atoms with Gasteiger partial charge in [-0.1, -0.05) is 30.3 Å². The number of benzene rings is 2. The number of carbonyl (C=O) groups excluding carboxylic acids is 1. The van der Waals surface area contributed by atoms with Gasteiger partial charge in [0.15, 0.2) is 6.10 Å². The van der Waals surface area contributed by atoms with E-state index < -0.39 is 23.9 Å². The summed E-state index contributed by atoms with van der Waals surface area (Å²) >= 11 is 0. The van der Waals surface area contributed by atoms with E-state index in [1.807, 2.05) is 12.3 Å². The van der Waals surface area contributed by atoms with Crippen molar-refractivity contribution in [3.05, 3.63) is 83.6 Å². The average Bonchev–Trinajstić information content (AvgIpc) is 2.68. The van der Waals surface area contributed by atoms with Gasteiger partial charge in [0.05, 0.1) is 6.54 Å². The van der Waals surface area contributed by atoms with Crippen molar-refractivity contribution in [2.45, 2.75) is 18.6 Å². The summed E-state index contributed by atoms with van der Waals surface area (Å²) < 4.78 is 38.0. The Kier molecular flexibility index (Phi) is 4.79.